The Morgan fingerprint density at radius 1 is 0.667 bits per heavy atom. The van der Waals surface area contributed by atoms with Gasteiger partial charge in [-0.3, -0.25) is 28.1 Å². The van der Waals surface area contributed by atoms with E-state index < -0.39 is 53.8 Å². The lowest BCUT2D eigenvalue weighted by Gasteiger charge is -2.48. The lowest BCUT2D eigenvalue weighted by Crippen LogP contribution is -2.55. The third kappa shape index (κ3) is 11.7. The smallest absolute Gasteiger partial charge is 0.341 e. The van der Waals surface area contributed by atoms with Gasteiger partial charge in [-0.1, -0.05) is 27.7 Å². The van der Waals surface area contributed by atoms with E-state index in [4.69, 9.17) is 9.05 Å². The first-order valence-electron chi connectivity index (χ1n) is 11.8. The predicted molar refractivity (Wildman–Crippen MR) is 141 cm³/mol. The van der Waals surface area contributed by atoms with Crippen molar-refractivity contribution in [1.82, 2.24) is 9.80 Å². The van der Waals surface area contributed by atoms with Gasteiger partial charge in [-0.25, -0.2) is 0 Å². The molecule has 0 rings (SSSR count). The van der Waals surface area contributed by atoms with E-state index in [-0.39, 0.29) is 25.4 Å². The van der Waals surface area contributed by atoms with Gasteiger partial charge in [0.15, 0.2) is 0 Å². The Balaban J connectivity index is 6.56. The molecule has 0 amide bonds. The molecule has 0 aromatic carbocycles. The van der Waals surface area contributed by atoms with Gasteiger partial charge in [0.2, 0.25) is 7.37 Å². The summed E-state index contributed by atoms with van der Waals surface area (Å²) < 4.78 is 58.9. The molecule has 17 heteroatoms. The fourth-order valence-electron chi connectivity index (χ4n) is 4.62. The highest BCUT2D eigenvalue weighted by molar-refractivity contribution is 7.57. The van der Waals surface area contributed by atoms with Crippen LogP contribution in [0.1, 0.15) is 59.8 Å². The second-order valence-corrected chi connectivity index (χ2v) is 17.2. The molecule has 0 aromatic heterocycles. The number of hydrogen-bond acceptors (Lipinski definition) is 8. The lowest BCUT2D eigenvalue weighted by molar-refractivity contribution is 0.0507. The summed E-state index contributed by atoms with van der Waals surface area (Å²) >= 11 is 0. The molecule has 13 nitrogen and oxygen atoms in total. The van der Waals surface area contributed by atoms with Gasteiger partial charge in [0.05, 0.1) is 12.4 Å². The molecule has 0 aliphatic heterocycles. The van der Waals surface area contributed by atoms with Crippen molar-refractivity contribution in [3.63, 3.8) is 0 Å². The van der Waals surface area contributed by atoms with Crippen molar-refractivity contribution in [1.29, 1.82) is 0 Å². The second kappa shape index (κ2) is 14.3. The van der Waals surface area contributed by atoms with E-state index in [1.807, 2.05) is 13.8 Å². The molecule has 0 saturated heterocycles. The molecule has 0 saturated carbocycles. The van der Waals surface area contributed by atoms with Gasteiger partial charge in [0, 0.05) is 38.5 Å². The summed E-state index contributed by atoms with van der Waals surface area (Å²) in [5.74, 6) is 0. The Kier molecular flexibility index (Phi) is 14.5. The van der Waals surface area contributed by atoms with Crippen LogP contribution in [0, 0.1) is 0 Å². The maximum absolute atomic E-state index is 12.5. The van der Waals surface area contributed by atoms with E-state index in [2.05, 4.69) is 0 Å². The molecule has 0 aliphatic carbocycles. The van der Waals surface area contributed by atoms with Crippen LogP contribution < -0.4 is 0 Å². The van der Waals surface area contributed by atoms with Crippen LogP contribution in [0.2, 0.25) is 0 Å². The van der Waals surface area contributed by atoms with Crippen molar-refractivity contribution < 1.29 is 51.8 Å². The van der Waals surface area contributed by atoms with Crippen LogP contribution in [0.5, 0.6) is 0 Å². The number of nitrogens with zero attached hydrogens (tertiary/aromatic N) is 2. The molecule has 5 N–H and O–H groups in total. The van der Waals surface area contributed by atoms with Crippen LogP contribution in [-0.2, 0) is 27.3 Å². The van der Waals surface area contributed by atoms with Crippen molar-refractivity contribution in [2.45, 2.75) is 70.9 Å². The zero-order valence-corrected chi connectivity index (χ0v) is 26.0. The van der Waals surface area contributed by atoms with Crippen LogP contribution >= 0.6 is 30.2 Å². The van der Waals surface area contributed by atoms with E-state index in [0.717, 1.165) is 20.9 Å². The van der Waals surface area contributed by atoms with E-state index >= 15 is 0 Å². The van der Waals surface area contributed by atoms with Crippen molar-refractivity contribution >= 4 is 30.2 Å². The van der Waals surface area contributed by atoms with Gasteiger partial charge >= 0.3 is 22.8 Å². The Hall–Kier alpha value is 0.560. The van der Waals surface area contributed by atoms with Crippen molar-refractivity contribution in [3.05, 3.63) is 0 Å². The van der Waals surface area contributed by atoms with E-state index in [9.17, 15) is 42.7 Å². The summed E-state index contributed by atoms with van der Waals surface area (Å²) in [6.45, 7) is 8.33. The third-order valence-electron chi connectivity index (χ3n) is 7.02. The highest BCUT2D eigenvalue weighted by Gasteiger charge is 2.45. The monoisotopic (exact) mass is 602 g/mol. The average Bonchev–Trinajstić information content (AvgIpc) is 2.75. The molecule has 36 heavy (non-hydrogen) atoms. The summed E-state index contributed by atoms with van der Waals surface area (Å²) in [5.41, 5.74) is -1.99. The first-order chi connectivity index (χ1) is 16.2. The first kappa shape index (κ1) is 36.6. The van der Waals surface area contributed by atoms with E-state index in [0.29, 0.717) is 25.7 Å². The zero-order valence-electron chi connectivity index (χ0n) is 22.4. The van der Waals surface area contributed by atoms with Gasteiger partial charge in [-0.05, 0) is 32.1 Å². The minimum Gasteiger partial charge on any atom is -0.344 e. The molecular weight excluding hydrogens is 556 g/mol. The zero-order chi connectivity index (χ0) is 28.6. The Labute approximate surface area is 215 Å². The summed E-state index contributed by atoms with van der Waals surface area (Å²) in [6, 6.07) is 0. The summed E-state index contributed by atoms with van der Waals surface area (Å²) in [7, 11) is -14.3. The van der Waals surface area contributed by atoms with Gasteiger partial charge < -0.3 is 33.5 Å². The van der Waals surface area contributed by atoms with Crippen molar-refractivity contribution in [3.8, 4) is 0 Å². The number of hydrogen-bond donors (Lipinski definition) is 5. The molecular formula is C19H46N2O11P4. The standard InChI is InChI=1S/C19H46N2O11P4/c1-8-18(9-2,21(15-33(7,22)23)17-36(29,30)32-6)12-13-20(16-34(24,25)26)19(10-3,11-4)14-35(27,28)31-5/h8-17H2,1-7H3,(H,22,23)(H,27,28)(H,29,30)(H2,24,25,26). The normalized spacial score (nSPS) is 18.7. The molecule has 0 bridgehead atoms. The van der Waals surface area contributed by atoms with Crippen molar-refractivity contribution in [2.24, 2.45) is 0 Å². The molecule has 3 atom stereocenters. The second-order valence-electron chi connectivity index (χ2n) is 9.35. The quantitative estimate of drug-likeness (QED) is 0.134. The minimum atomic E-state index is -4.60. The highest BCUT2D eigenvalue weighted by atomic mass is 31.2. The minimum absolute atomic E-state index is 0.0385. The molecule has 0 aromatic rings. The summed E-state index contributed by atoms with van der Waals surface area (Å²) in [6.07, 6.45) is -0.371. The molecule has 218 valence electrons. The summed E-state index contributed by atoms with van der Waals surface area (Å²) in [5, 5.41) is 0. The summed E-state index contributed by atoms with van der Waals surface area (Å²) in [4.78, 5) is 53.1. The van der Waals surface area contributed by atoms with Crippen LogP contribution in [0.4, 0.5) is 0 Å². The third-order valence-corrected chi connectivity index (χ3v) is 11.4. The van der Waals surface area contributed by atoms with Gasteiger partial charge in [0.25, 0.3) is 0 Å². The van der Waals surface area contributed by atoms with Gasteiger partial charge in [0.1, 0.15) is 12.6 Å². The first-order valence-corrected chi connectivity index (χ1v) is 19.4. The van der Waals surface area contributed by atoms with Crippen LogP contribution in [0.25, 0.3) is 0 Å². The van der Waals surface area contributed by atoms with Crippen molar-refractivity contribution in [2.75, 3.05) is 52.4 Å². The highest BCUT2D eigenvalue weighted by Crippen LogP contribution is 2.51. The fraction of sp³-hybridized carbons (Fsp3) is 1.00. The molecule has 0 radical (unpaired) electrons. The maximum Gasteiger partial charge on any atom is 0.341 e. The number of rotatable bonds is 19. The van der Waals surface area contributed by atoms with Gasteiger partial charge in [-0.15, -0.1) is 0 Å². The van der Waals surface area contributed by atoms with Gasteiger partial charge in [-0.2, -0.15) is 0 Å². The largest absolute Gasteiger partial charge is 0.344 e. The van der Waals surface area contributed by atoms with Crippen LogP contribution in [0.3, 0.4) is 0 Å². The lowest BCUT2D eigenvalue weighted by atomic mass is 9.86. The van der Waals surface area contributed by atoms with Crippen LogP contribution in [-0.4, -0.2) is 97.8 Å². The fourth-order valence-corrected chi connectivity index (χ4v) is 9.17. The molecule has 3 unspecified atom stereocenters. The SMILES string of the molecule is CCC(CC)(CCN(CP(=O)(O)O)C(CC)(CC)CP(=O)(O)OC)N(CP(C)(=O)O)CP(=O)(O)OC. The van der Waals surface area contributed by atoms with E-state index in [1.54, 1.807) is 13.8 Å². The molecule has 0 spiro atoms. The predicted octanol–water partition coefficient (Wildman–Crippen LogP) is 3.71. The van der Waals surface area contributed by atoms with E-state index in [1.165, 1.54) is 9.80 Å². The molecule has 0 heterocycles. The maximum atomic E-state index is 12.5. The average molecular weight is 602 g/mol. The van der Waals surface area contributed by atoms with Crippen LogP contribution in [0.15, 0.2) is 0 Å². The Bertz CT molecular complexity index is 867. The molecule has 0 fully saturated rings. The topological polar surface area (TPSA) is 194 Å². The Morgan fingerprint density at radius 3 is 1.44 bits per heavy atom. The Morgan fingerprint density at radius 2 is 1.11 bits per heavy atom. The molecule has 0 aliphatic rings.